The van der Waals surface area contributed by atoms with Gasteiger partial charge in [-0.15, -0.1) is 11.3 Å². The van der Waals surface area contributed by atoms with Gasteiger partial charge in [0.2, 0.25) is 0 Å². The molecule has 20 heavy (non-hydrogen) atoms. The standard InChI is InChI=1S/C15H18N2O2S/c1-10-2-6-15(7-3-10,14(18)19)17-13-11-5-9-20-12(11)4-8-16-13/h4-5,8-10H,2-3,6-7H2,1H3,(H,16,17)(H,18,19). The third-order valence-corrected chi connectivity index (χ3v) is 5.16. The number of carboxylic acids is 1. The molecule has 0 atom stereocenters. The highest BCUT2D eigenvalue weighted by molar-refractivity contribution is 7.17. The average Bonchev–Trinajstić information content (AvgIpc) is 2.91. The quantitative estimate of drug-likeness (QED) is 0.904. The highest BCUT2D eigenvalue weighted by Gasteiger charge is 2.41. The molecule has 1 aliphatic carbocycles. The van der Waals surface area contributed by atoms with E-state index in [-0.39, 0.29) is 0 Å². The number of rotatable bonds is 3. The second-order valence-corrected chi connectivity index (χ2v) is 6.63. The number of pyridine rings is 1. The van der Waals surface area contributed by atoms with Gasteiger partial charge in [-0.2, -0.15) is 0 Å². The summed E-state index contributed by atoms with van der Waals surface area (Å²) in [5.41, 5.74) is -0.865. The molecule has 4 nitrogen and oxygen atoms in total. The summed E-state index contributed by atoms with van der Waals surface area (Å²) in [6.45, 7) is 2.18. The number of hydrogen-bond donors (Lipinski definition) is 2. The minimum atomic E-state index is -0.865. The maximum absolute atomic E-state index is 11.8. The number of carboxylic acid groups (broad SMARTS) is 1. The Labute approximate surface area is 121 Å². The first-order valence-electron chi connectivity index (χ1n) is 6.94. The van der Waals surface area contributed by atoms with Crippen LogP contribution in [0.25, 0.3) is 10.1 Å². The van der Waals surface area contributed by atoms with Gasteiger partial charge in [0.1, 0.15) is 11.4 Å². The number of anilines is 1. The smallest absolute Gasteiger partial charge is 0.329 e. The molecule has 0 aliphatic heterocycles. The van der Waals surface area contributed by atoms with Gasteiger partial charge in [-0.1, -0.05) is 6.92 Å². The Morgan fingerprint density at radius 3 is 2.90 bits per heavy atom. The van der Waals surface area contributed by atoms with Crippen molar-refractivity contribution in [3.8, 4) is 0 Å². The molecule has 3 rings (SSSR count). The fourth-order valence-electron chi connectivity index (χ4n) is 2.87. The number of fused-ring (bicyclic) bond motifs is 1. The molecule has 1 saturated carbocycles. The molecule has 0 unspecified atom stereocenters. The van der Waals surface area contributed by atoms with Gasteiger partial charge in [-0.25, -0.2) is 9.78 Å². The van der Waals surface area contributed by atoms with E-state index in [4.69, 9.17) is 0 Å². The summed E-state index contributed by atoms with van der Waals surface area (Å²) in [5.74, 6) is 0.535. The Morgan fingerprint density at radius 1 is 1.45 bits per heavy atom. The first-order chi connectivity index (χ1) is 9.61. The molecule has 1 fully saturated rings. The van der Waals surface area contributed by atoms with E-state index in [1.54, 1.807) is 17.5 Å². The molecule has 1 aliphatic rings. The maximum atomic E-state index is 11.8. The van der Waals surface area contributed by atoms with Gasteiger partial charge >= 0.3 is 5.97 Å². The number of nitrogens with zero attached hydrogens (tertiary/aromatic N) is 1. The SMILES string of the molecule is CC1CCC(Nc2nccc3sccc23)(C(=O)O)CC1. The van der Waals surface area contributed by atoms with Crippen LogP contribution in [0, 0.1) is 5.92 Å². The lowest BCUT2D eigenvalue weighted by molar-refractivity contribution is -0.143. The lowest BCUT2D eigenvalue weighted by atomic mass is 9.77. The fraction of sp³-hybridized carbons (Fsp3) is 0.467. The van der Waals surface area contributed by atoms with Gasteiger partial charge in [0, 0.05) is 16.3 Å². The number of aliphatic carboxylic acids is 1. The van der Waals surface area contributed by atoms with Crippen LogP contribution in [-0.2, 0) is 4.79 Å². The van der Waals surface area contributed by atoms with E-state index in [0.717, 1.165) is 22.9 Å². The van der Waals surface area contributed by atoms with Gasteiger partial charge in [0.15, 0.2) is 0 Å². The third-order valence-electron chi connectivity index (χ3n) is 4.27. The highest BCUT2D eigenvalue weighted by Crippen LogP contribution is 2.36. The van der Waals surface area contributed by atoms with E-state index in [0.29, 0.717) is 24.6 Å². The van der Waals surface area contributed by atoms with Crippen molar-refractivity contribution in [2.75, 3.05) is 5.32 Å². The molecule has 2 heterocycles. The summed E-state index contributed by atoms with van der Waals surface area (Å²) in [6.07, 6.45) is 4.94. The zero-order valence-corrected chi connectivity index (χ0v) is 12.2. The monoisotopic (exact) mass is 290 g/mol. The summed E-state index contributed by atoms with van der Waals surface area (Å²) >= 11 is 1.64. The molecule has 0 saturated heterocycles. The summed E-state index contributed by atoms with van der Waals surface area (Å²) in [4.78, 5) is 16.1. The Bertz CT molecular complexity index is 630. The average molecular weight is 290 g/mol. The molecule has 106 valence electrons. The van der Waals surface area contributed by atoms with E-state index in [9.17, 15) is 9.90 Å². The van der Waals surface area contributed by atoms with E-state index >= 15 is 0 Å². The van der Waals surface area contributed by atoms with Crippen molar-refractivity contribution in [2.24, 2.45) is 5.92 Å². The van der Waals surface area contributed by atoms with Crippen LogP contribution in [0.1, 0.15) is 32.6 Å². The van der Waals surface area contributed by atoms with Crippen molar-refractivity contribution in [3.63, 3.8) is 0 Å². The van der Waals surface area contributed by atoms with Gasteiger partial charge < -0.3 is 10.4 Å². The highest BCUT2D eigenvalue weighted by atomic mass is 32.1. The van der Waals surface area contributed by atoms with E-state index < -0.39 is 11.5 Å². The van der Waals surface area contributed by atoms with Gasteiger partial charge in [-0.3, -0.25) is 0 Å². The Balaban J connectivity index is 1.94. The second-order valence-electron chi connectivity index (χ2n) is 5.69. The largest absolute Gasteiger partial charge is 0.480 e. The summed E-state index contributed by atoms with van der Waals surface area (Å²) in [7, 11) is 0. The van der Waals surface area contributed by atoms with Crippen LogP contribution >= 0.6 is 11.3 Å². The number of hydrogen-bond acceptors (Lipinski definition) is 4. The Hall–Kier alpha value is -1.62. The summed E-state index contributed by atoms with van der Waals surface area (Å²) in [5, 5.41) is 15.9. The first-order valence-corrected chi connectivity index (χ1v) is 7.82. The van der Waals surface area contributed by atoms with Gasteiger partial charge in [0.05, 0.1) is 0 Å². The number of nitrogens with one attached hydrogen (secondary N) is 1. The molecular formula is C15H18N2O2S. The van der Waals surface area contributed by atoms with Crippen LogP contribution in [0.3, 0.4) is 0 Å². The van der Waals surface area contributed by atoms with Crippen molar-refractivity contribution in [2.45, 2.75) is 38.1 Å². The van der Waals surface area contributed by atoms with Crippen molar-refractivity contribution < 1.29 is 9.90 Å². The fourth-order valence-corrected chi connectivity index (χ4v) is 3.65. The molecule has 5 heteroatoms. The van der Waals surface area contributed by atoms with Crippen molar-refractivity contribution >= 4 is 33.2 Å². The molecule has 2 aromatic rings. The molecule has 0 radical (unpaired) electrons. The number of thiophene rings is 1. The van der Waals surface area contributed by atoms with Crippen LogP contribution in [0.15, 0.2) is 23.7 Å². The predicted molar refractivity (Wildman–Crippen MR) is 81.2 cm³/mol. The number of carbonyl (C=O) groups is 1. The van der Waals surface area contributed by atoms with E-state index in [2.05, 4.69) is 17.2 Å². The first kappa shape index (κ1) is 13.4. The molecule has 2 N–H and O–H groups in total. The third kappa shape index (κ3) is 2.26. The normalized spacial score (nSPS) is 26.6. The lowest BCUT2D eigenvalue weighted by Crippen LogP contribution is -2.49. The zero-order chi connectivity index (χ0) is 14.2. The van der Waals surface area contributed by atoms with E-state index in [1.807, 2.05) is 17.5 Å². The molecule has 0 bridgehead atoms. The molecule has 0 amide bonds. The predicted octanol–water partition coefficient (Wildman–Crippen LogP) is 3.74. The van der Waals surface area contributed by atoms with Crippen molar-refractivity contribution in [1.82, 2.24) is 4.98 Å². The molecular weight excluding hydrogens is 272 g/mol. The van der Waals surface area contributed by atoms with Crippen LogP contribution in [0.5, 0.6) is 0 Å². The molecule has 0 aromatic carbocycles. The molecule has 0 spiro atoms. The minimum Gasteiger partial charge on any atom is -0.480 e. The Morgan fingerprint density at radius 2 is 2.20 bits per heavy atom. The number of aromatic nitrogens is 1. The van der Waals surface area contributed by atoms with Crippen LogP contribution in [0.4, 0.5) is 5.82 Å². The van der Waals surface area contributed by atoms with Gasteiger partial charge in [0.25, 0.3) is 0 Å². The van der Waals surface area contributed by atoms with Gasteiger partial charge in [-0.05, 0) is 49.1 Å². The Kier molecular flexibility index (Phi) is 3.38. The van der Waals surface area contributed by atoms with Crippen LogP contribution < -0.4 is 5.32 Å². The second kappa shape index (κ2) is 5.05. The van der Waals surface area contributed by atoms with Crippen molar-refractivity contribution in [3.05, 3.63) is 23.7 Å². The summed E-state index contributed by atoms with van der Waals surface area (Å²) in [6, 6.07) is 3.96. The maximum Gasteiger partial charge on any atom is 0.329 e. The minimum absolute atomic E-state index is 0.606. The van der Waals surface area contributed by atoms with Crippen LogP contribution in [0.2, 0.25) is 0 Å². The van der Waals surface area contributed by atoms with Crippen molar-refractivity contribution in [1.29, 1.82) is 0 Å². The lowest BCUT2D eigenvalue weighted by Gasteiger charge is -2.37. The zero-order valence-electron chi connectivity index (χ0n) is 11.4. The summed E-state index contributed by atoms with van der Waals surface area (Å²) < 4.78 is 1.13. The topological polar surface area (TPSA) is 62.2 Å². The van der Waals surface area contributed by atoms with Crippen LogP contribution in [-0.4, -0.2) is 21.6 Å². The van der Waals surface area contributed by atoms with E-state index in [1.165, 1.54) is 0 Å². The molecule has 2 aromatic heterocycles.